The zero-order valence-electron chi connectivity index (χ0n) is 30.2. The summed E-state index contributed by atoms with van der Waals surface area (Å²) in [7, 11) is -12.6. The highest BCUT2D eigenvalue weighted by Crippen LogP contribution is 2.31. The van der Waals surface area contributed by atoms with Gasteiger partial charge in [-0.3, -0.25) is 4.79 Å². The van der Waals surface area contributed by atoms with Crippen LogP contribution in [0.2, 0.25) is 0 Å². The second kappa shape index (κ2) is 15.5. The van der Waals surface area contributed by atoms with Crippen LogP contribution in [0.5, 0.6) is 0 Å². The molecule has 0 spiro atoms. The van der Waals surface area contributed by atoms with Crippen molar-refractivity contribution < 1.29 is 30.0 Å². The van der Waals surface area contributed by atoms with Gasteiger partial charge in [-0.05, 0) is 69.2 Å². The van der Waals surface area contributed by atoms with Crippen molar-refractivity contribution in [3.05, 3.63) is 125 Å². The number of fused-ring (bicyclic) bond motifs is 2. The number of aryl methyl sites for hydroxylation is 3. The van der Waals surface area contributed by atoms with Crippen LogP contribution in [-0.4, -0.2) is 94.8 Å². The molecule has 282 valence electrons. The van der Waals surface area contributed by atoms with Gasteiger partial charge in [-0.15, -0.1) is 0 Å². The molecule has 2 fully saturated rings. The summed E-state index contributed by atoms with van der Waals surface area (Å²) < 4.78 is 90.1. The van der Waals surface area contributed by atoms with Gasteiger partial charge in [-0.1, -0.05) is 83.4 Å². The van der Waals surface area contributed by atoms with Crippen molar-refractivity contribution >= 4 is 35.9 Å². The fourth-order valence-electron chi connectivity index (χ4n) is 7.18. The Kier molecular flexibility index (Phi) is 11.4. The Morgan fingerprint density at radius 3 is 1.49 bits per heavy atom. The third-order valence-electron chi connectivity index (χ3n) is 9.98. The van der Waals surface area contributed by atoms with Crippen molar-refractivity contribution in [1.82, 2.24) is 18.2 Å². The molecule has 0 radical (unpaired) electrons. The summed E-state index contributed by atoms with van der Waals surface area (Å²) in [6, 6.07) is 28.0. The Hall–Kier alpha value is -3.76. The van der Waals surface area contributed by atoms with Gasteiger partial charge in [0, 0.05) is 63.7 Å². The fourth-order valence-corrected chi connectivity index (χ4v) is 11.6. The molecule has 14 heteroatoms. The van der Waals surface area contributed by atoms with Crippen LogP contribution in [0.15, 0.2) is 118 Å². The summed E-state index contributed by atoms with van der Waals surface area (Å²) in [4.78, 5) is 13.8. The van der Waals surface area contributed by atoms with Crippen LogP contribution < -0.4 is 5.32 Å². The van der Waals surface area contributed by atoms with Gasteiger partial charge < -0.3 is 5.32 Å². The number of rotatable bonds is 8. The summed E-state index contributed by atoms with van der Waals surface area (Å²) >= 11 is 0. The average molecular weight is 779 g/mol. The number of hydrogen-bond donors (Lipinski definition) is 1. The molecule has 0 aromatic heterocycles. The quantitative estimate of drug-likeness (QED) is 0.279. The van der Waals surface area contributed by atoms with E-state index in [1.165, 1.54) is 49.3 Å². The summed E-state index contributed by atoms with van der Waals surface area (Å²) in [5.74, 6) is -0.120. The minimum Gasteiger partial charge on any atom is -0.305 e. The standard InChI is InChI=1S/C39H46N4O7S3/c1-30-9-15-36(16-10-30)51(45,46)41-21-23-42(52(47,48)37-17-11-31(2)12-18-37)28-34-25-35(44)27-39(40-34,26-33-7-5-4-6-8-33)29-43(24-22-41)53(49,50)38-19-13-32(3)14-20-38/h4-20,34,40H,21-29H2,1-3H3. The highest BCUT2D eigenvalue weighted by Gasteiger charge is 2.45. The van der Waals surface area contributed by atoms with Gasteiger partial charge >= 0.3 is 0 Å². The lowest BCUT2D eigenvalue weighted by molar-refractivity contribution is -0.123. The van der Waals surface area contributed by atoms with E-state index in [0.29, 0.717) is 0 Å². The lowest BCUT2D eigenvalue weighted by Crippen LogP contribution is -2.65. The lowest BCUT2D eigenvalue weighted by Gasteiger charge is -2.46. The van der Waals surface area contributed by atoms with E-state index in [2.05, 4.69) is 5.32 Å². The number of nitrogens with zero attached hydrogens (tertiary/aromatic N) is 3. The summed E-state index contributed by atoms with van der Waals surface area (Å²) in [6.07, 6.45) is 0.285. The molecule has 2 heterocycles. The van der Waals surface area contributed by atoms with E-state index in [-0.39, 0.29) is 79.0 Å². The summed E-state index contributed by atoms with van der Waals surface area (Å²) in [5.41, 5.74) is 2.34. The van der Waals surface area contributed by atoms with Crippen LogP contribution in [-0.2, 0) is 41.3 Å². The van der Waals surface area contributed by atoms with Crippen molar-refractivity contribution in [3.63, 3.8) is 0 Å². The molecule has 11 nitrogen and oxygen atoms in total. The Balaban J connectivity index is 1.48. The van der Waals surface area contributed by atoms with E-state index in [9.17, 15) is 30.0 Å². The highest BCUT2D eigenvalue weighted by molar-refractivity contribution is 7.89. The molecule has 0 aliphatic carbocycles. The molecule has 2 atom stereocenters. The maximum atomic E-state index is 14.5. The molecule has 4 aromatic rings. The van der Waals surface area contributed by atoms with Crippen LogP contribution in [0.1, 0.15) is 35.1 Å². The van der Waals surface area contributed by atoms with Gasteiger partial charge in [0.15, 0.2) is 0 Å². The number of piperidine rings is 1. The molecule has 2 saturated heterocycles. The van der Waals surface area contributed by atoms with Gasteiger partial charge in [0.05, 0.1) is 14.7 Å². The van der Waals surface area contributed by atoms with E-state index in [1.807, 2.05) is 51.1 Å². The number of hydrogen-bond acceptors (Lipinski definition) is 8. The number of nitrogens with one attached hydrogen (secondary N) is 1. The zero-order chi connectivity index (χ0) is 38.0. The molecule has 6 rings (SSSR count). The Morgan fingerprint density at radius 1 is 0.585 bits per heavy atom. The molecular formula is C39H46N4O7S3. The Labute approximate surface area is 313 Å². The number of Topliss-reactive ketones (excluding diaryl/α,β-unsaturated/α-hetero) is 1. The van der Waals surface area contributed by atoms with Gasteiger partial charge in [0.25, 0.3) is 0 Å². The molecule has 2 aliphatic rings. The maximum Gasteiger partial charge on any atom is 0.243 e. The van der Waals surface area contributed by atoms with Crippen LogP contribution in [0.25, 0.3) is 0 Å². The van der Waals surface area contributed by atoms with E-state index in [4.69, 9.17) is 0 Å². The third kappa shape index (κ3) is 8.80. The monoisotopic (exact) mass is 778 g/mol. The van der Waals surface area contributed by atoms with Crippen LogP contribution in [0.3, 0.4) is 0 Å². The molecule has 2 bridgehead atoms. The number of benzene rings is 4. The number of carbonyl (C=O) groups excluding carboxylic acids is 1. The molecule has 53 heavy (non-hydrogen) atoms. The maximum absolute atomic E-state index is 14.5. The van der Waals surface area contributed by atoms with E-state index in [0.717, 1.165) is 22.3 Å². The van der Waals surface area contributed by atoms with Gasteiger partial charge in [-0.2, -0.15) is 12.9 Å². The van der Waals surface area contributed by atoms with Crippen molar-refractivity contribution in [2.24, 2.45) is 0 Å². The number of carbonyl (C=O) groups is 1. The van der Waals surface area contributed by atoms with Gasteiger partial charge in [0.2, 0.25) is 30.1 Å². The highest BCUT2D eigenvalue weighted by atomic mass is 32.2. The molecular weight excluding hydrogens is 733 g/mol. The number of sulfonamides is 3. The first-order chi connectivity index (χ1) is 25.1. The van der Waals surface area contributed by atoms with E-state index in [1.54, 1.807) is 36.4 Å². The normalized spacial score (nSPS) is 21.8. The van der Waals surface area contributed by atoms with Crippen LogP contribution >= 0.6 is 0 Å². The van der Waals surface area contributed by atoms with Gasteiger partial charge in [-0.25, -0.2) is 25.3 Å². The Bertz CT molecular complexity index is 2250. The van der Waals surface area contributed by atoms with E-state index < -0.39 is 41.7 Å². The molecule has 0 amide bonds. The van der Waals surface area contributed by atoms with Crippen molar-refractivity contribution in [1.29, 1.82) is 0 Å². The van der Waals surface area contributed by atoms with Crippen molar-refractivity contribution in [2.75, 3.05) is 39.3 Å². The zero-order valence-corrected chi connectivity index (χ0v) is 32.6. The minimum atomic E-state index is -4.22. The predicted octanol–water partition coefficient (Wildman–Crippen LogP) is 4.30. The minimum absolute atomic E-state index is 0.00555. The first-order valence-electron chi connectivity index (χ1n) is 17.6. The average Bonchev–Trinajstić information content (AvgIpc) is 3.10. The molecule has 2 aliphatic heterocycles. The first-order valence-corrected chi connectivity index (χ1v) is 21.9. The Morgan fingerprint density at radius 2 is 1.00 bits per heavy atom. The fraction of sp³-hybridized carbons (Fsp3) is 0.359. The summed E-state index contributed by atoms with van der Waals surface area (Å²) in [5, 5.41) is 3.60. The second-order valence-corrected chi connectivity index (χ2v) is 20.1. The van der Waals surface area contributed by atoms with Crippen molar-refractivity contribution in [3.8, 4) is 0 Å². The molecule has 2 unspecified atom stereocenters. The molecule has 1 N–H and O–H groups in total. The lowest BCUT2D eigenvalue weighted by atomic mass is 9.80. The number of ketones is 1. The van der Waals surface area contributed by atoms with Gasteiger partial charge in [0.1, 0.15) is 5.78 Å². The summed E-state index contributed by atoms with van der Waals surface area (Å²) in [6.45, 7) is 4.25. The van der Waals surface area contributed by atoms with E-state index >= 15 is 0 Å². The second-order valence-electron chi connectivity index (χ2n) is 14.2. The first kappa shape index (κ1) is 38.9. The topological polar surface area (TPSA) is 141 Å². The molecule has 4 aromatic carbocycles. The largest absolute Gasteiger partial charge is 0.305 e. The van der Waals surface area contributed by atoms with Crippen molar-refractivity contribution in [2.45, 2.75) is 66.3 Å². The van der Waals surface area contributed by atoms with Crippen LogP contribution in [0, 0.1) is 20.8 Å². The predicted molar refractivity (Wildman–Crippen MR) is 204 cm³/mol. The smallest absolute Gasteiger partial charge is 0.243 e. The SMILES string of the molecule is Cc1ccc(S(=O)(=O)N2CCN(S(=O)(=O)c3ccc(C)cc3)CC3CC(=O)CC(Cc4ccccc4)(CN(S(=O)(=O)c4ccc(C)cc4)CC2)N3)cc1. The van der Waals surface area contributed by atoms with Crippen LogP contribution in [0.4, 0.5) is 0 Å². The third-order valence-corrected chi connectivity index (χ3v) is 15.6. The molecule has 0 saturated carbocycles.